The fourth-order valence-electron chi connectivity index (χ4n) is 2.49. The van der Waals surface area contributed by atoms with Gasteiger partial charge in [0, 0.05) is 22.3 Å². The standard InChI is InChI=1S/C14H19ClN2S/c15-10-7-8-13(12(9-10)14(16)18)17-11-5-3-1-2-4-6-11/h7-9,11,17H,1-6H2,(H2,16,18). The van der Waals surface area contributed by atoms with E-state index in [2.05, 4.69) is 5.32 Å². The van der Waals surface area contributed by atoms with Gasteiger partial charge < -0.3 is 11.1 Å². The van der Waals surface area contributed by atoms with E-state index in [-0.39, 0.29) is 0 Å². The number of hydrogen-bond acceptors (Lipinski definition) is 2. The third-order valence-electron chi connectivity index (χ3n) is 3.46. The Labute approximate surface area is 119 Å². The van der Waals surface area contributed by atoms with E-state index in [1.54, 1.807) is 0 Å². The van der Waals surface area contributed by atoms with Crippen molar-refractivity contribution in [3.63, 3.8) is 0 Å². The number of halogens is 1. The van der Waals surface area contributed by atoms with E-state index in [9.17, 15) is 0 Å². The average Bonchev–Trinajstić information content (AvgIpc) is 2.60. The molecule has 0 saturated heterocycles. The number of rotatable bonds is 3. The second kappa shape index (κ2) is 6.39. The van der Waals surface area contributed by atoms with Crippen LogP contribution in [0.3, 0.4) is 0 Å². The fraction of sp³-hybridized carbons (Fsp3) is 0.500. The Morgan fingerprint density at radius 2 is 1.89 bits per heavy atom. The molecular formula is C14H19ClN2S. The van der Waals surface area contributed by atoms with Crippen LogP contribution >= 0.6 is 23.8 Å². The molecule has 0 bridgehead atoms. The van der Waals surface area contributed by atoms with Crippen molar-refractivity contribution in [1.82, 2.24) is 0 Å². The molecule has 4 heteroatoms. The summed E-state index contributed by atoms with van der Waals surface area (Å²) in [5.74, 6) is 0. The third kappa shape index (κ3) is 3.59. The first-order chi connectivity index (χ1) is 8.66. The van der Waals surface area contributed by atoms with Crippen LogP contribution in [-0.4, -0.2) is 11.0 Å². The minimum Gasteiger partial charge on any atom is -0.389 e. The van der Waals surface area contributed by atoms with Crippen molar-refractivity contribution in [2.24, 2.45) is 5.73 Å². The maximum absolute atomic E-state index is 5.99. The monoisotopic (exact) mass is 282 g/mol. The number of benzene rings is 1. The van der Waals surface area contributed by atoms with E-state index in [0.29, 0.717) is 16.1 Å². The molecule has 1 aliphatic carbocycles. The molecule has 98 valence electrons. The van der Waals surface area contributed by atoms with Crippen molar-refractivity contribution in [3.8, 4) is 0 Å². The lowest BCUT2D eigenvalue weighted by Gasteiger charge is -2.20. The summed E-state index contributed by atoms with van der Waals surface area (Å²) in [6.45, 7) is 0. The minimum absolute atomic E-state index is 0.397. The first kappa shape index (κ1) is 13.6. The first-order valence-corrected chi connectivity index (χ1v) is 7.31. The SMILES string of the molecule is NC(=S)c1cc(Cl)ccc1NC1CCCCCC1. The van der Waals surface area contributed by atoms with Crippen LogP contribution in [0.1, 0.15) is 44.1 Å². The lowest BCUT2D eigenvalue weighted by Crippen LogP contribution is -2.21. The maximum atomic E-state index is 5.99. The second-order valence-electron chi connectivity index (χ2n) is 4.89. The van der Waals surface area contributed by atoms with Crippen molar-refractivity contribution in [1.29, 1.82) is 0 Å². The topological polar surface area (TPSA) is 38.0 Å². The molecule has 2 rings (SSSR count). The van der Waals surface area contributed by atoms with Gasteiger partial charge in [0.05, 0.1) is 0 Å². The Kier molecular flexibility index (Phi) is 4.84. The highest BCUT2D eigenvalue weighted by atomic mass is 35.5. The molecule has 18 heavy (non-hydrogen) atoms. The molecule has 0 aliphatic heterocycles. The molecule has 1 aliphatic rings. The molecular weight excluding hydrogens is 264 g/mol. The van der Waals surface area contributed by atoms with Gasteiger partial charge in [0.25, 0.3) is 0 Å². The fourth-order valence-corrected chi connectivity index (χ4v) is 2.83. The lowest BCUT2D eigenvalue weighted by molar-refractivity contribution is 0.620. The van der Waals surface area contributed by atoms with Gasteiger partial charge in [-0.25, -0.2) is 0 Å². The number of nitrogens with one attached hydrogen (secondary N) is 1. The molecule has 1 saturated carbocycles. The molecule has 0 heterocycles. The summed E-state index contributed by atoms with van der Waals surface area (Å²) in [6, 6.07) is 6.22. The molecule has 0 radical (unpaired) electrons. The van der Waals surface area contributed by atoms with Crippen LogP contribution in [-0.2, 0) is 0 Å². The normalized spacial score (nSPS) is 17.2. The molecule has 0 amide bonds. The van der Waals surface area contributed by atoms with Gasteiger partial charge in [-0.05, 0) is 31.0 Å². The van der Waals surface area contributed by atoms with Crippen molar-refractivity contribution in [2.75, 3.05) is 5.32 Å². The second-order valence-corrected chi connectivity index (χ2v) is 5.76. The molecule has 3 N–H and O–H groups in total. The van der Waals surface area contributed by atoms with E-state index in [1.807, 2.05) is 18.2 Å². The number of thiocarbonyl (C=S) groups is 1. The predicted molar refractivity (Wildman–Crippen MR) is 82.5 cm³/mol. The zero-order valence-corrected chi connectivity index (χ0v) is 12.0. The van der Waals surface area contributed by atoms with Crippen molar-refractivity contribution < 1.29 is 0 Å². The highest BCUT2D eigenvalue weighted by Gasteiger charge is 2.14. The third-order valence-corrected chi connectivity index (χ3v) is 3.92. The molecule has 1 aromatic carbocycles. The summed E-state index contributed by atoms with van der Waals surface area (Å²) >= 11 is 11.1. The predicted octanol–water partition coefficient (Wildman–Crippen LogP) is 4.11. The Bertz CT molecular complexity index is 426. The summed E-state index contributed by atoms with van der Waals surface area (Å²) in [5, 5.41) is 4.24. The van der Waals surface area contributed by atoms with Gasteiger partial charge >= 0.3 is 0 Å². The molecule has 0 unspecified atom stereocenters. The van der Waals surface area contributed by atoms with Crippen LogP contribution in [0.15, 0.2) is 18.2 Å². The van der Waals surface area contributed by atoms with Crippen LogP contribution in [0.5, 0.6) is 0 Å². The van der Waals surface area contributed by atoms with Crippen molar-refractivity contribution in [2.45, 2.75) is 44.6 Å². The lowest BCUT2D eigenvalue weighted by atomic mass is 10.1. The number of hydrogen-bond donors (Lipinski definition) is 2. The number of anilines is 1. The Balaban J connectivity index is 2.14. The summed E-state index contributed by atoms with van der Waals surface area (Å²) < 4.78 is 0. The van der Waals surface area contributed by atoms with Gasteiger partial charge in [0.1, 0.15) is 4.99 Å². The Hall–Kier alpha value is -0.800. The largest absolute Gasteiger partial charge is 0.389 e. The summed E-state index contributed by atoms with van der Waals surface area (Å²) in [6.07, 6.45) is 7.74. The molecule has 0 spiro atoms. The van der Waals surface area contributed by atoms with Gasteiger partial charge in [0.15, 0.2) is 0 Å². The average molecular weight is 283 g/mol. The van der Waals surface area contributed by atoms with Gasteiger partial charge in [-0.15, -0.1) is 0 Å². The highest BCUT2D eigenvalue weighted by Crippen LogP contribution is 2.25. The summed E-state index contributed by atoms with van der Waals surface area (Å²) in [7, 11) is 0. The van der Waals surface area contributed by atoms with E-state index >= 15 is 0 Å². The van der Waals surface area contributed by atoms with Crippen molar-refractivity contribution in [3.05, 3.63) is 28.8 Å². The Morgan fingerprint density at radius 1 is 1.22 bits per heavy atom. The Morgan fingerprint density at radius 3 is 2.50 bits per heavy atom. The van der Waals surface area contributed by atoms with E-state index in [1.165, 1.54) is 38.5 Å². The number of nitrogens with two attached hydrogens (primary N) is 1. The van der Waals surface area contributed by atoms with Crippen LogP contribution in [0.2, 0.25) is 5.02 Å². The van der Waals surface area contributed by atoms with Crippen LogP contribution in [0.25, 0.3) is 0 Å². The van der Waals surface area contributed by atoms with Gasteiger partial charge in [-0.2, -0.15) is 0 Å². The molecule has 1 fully saturated rings. The molecule has 1 aromatic rings. The first-order valence-electron chi connectivity index (χ1n) is 6.52. The zero-order valence-electron chi connectivity index (χ0n) is 10.4. The van der Waals surface area contributed by atoms with Gasteiger partial charge in [0.2, 0.25) is 0 Å². The minimum atomic E-state index is 0.397. The van der Waals surface area contributed by atoms with Crippen LogP contribution < -0.4 is 11.1 Å². The van der Waals surface area contributed by atoms with E-state index in [0.717, 1.165) is 11.3 Å². The molecule has 0 aromatic heterocycles. The van der Waals surface area contributed by atoms with Gasteiger partial charge in [-0.1, -0.05) is 49.5 Å². The summed E-state index contributed by atoms with van der Waals surface area (Å²) in [5.41, 5.74) is 7.61. The van der Waals surface area contributed by atoms with E-state index < -0.39 is 0 Å². The van der Waals surface area contributed by atoms with Crippen LogP contribution in [0, 0.1) is 0 Å². The molecule has 0 atom stereocenters. The quantitative estimate of drug-likeness (QED) is 0.647. The van der Waals surface area contributed by atoms with Gasteiger partial charge in [-0.3, -0.25) is 0 Å². The van der Waals surface area contributed by atoms with Crippen molar-refractivity contribution >= 4 is 34.5 Å². The summed E-state index contributed by atoms with van der Waals surface area (Å²) in [4.78, 5) is 0.397. The highest BCUT2D eigenvalue weighted by molar-refractivity contribution is 7.80. The maximum Gasteiger partial charge on any atom is 0.106 e. The zero-order chi connectivity index (χ0) is 13.0. The van der Waals surface area contributed by atoms with E-state index in [4.69, 9.17) is 29.6 Å². The molecule has 2 nitrogen and oxygen atoms in total. The van der Waals surface area contributed by atoms with Crippen LogP contribution in [0.4, 0.5) is 5.69 Å². The smallest absolute Gasteiger partial charge is 0.106 e.